The summed E-state index contributed by atoms with van der Waals surface area (Å²) in [4.78, 5) is 7.21. The van der Waals surface area contributed by atoms with Crippen molar-refractivity contribution in [2.45, 2.75) is 20.3 Å². The molecule has 1 aromatic rings. The quantitative estimate of drug-likeness (QED) is 0.259. The van der Waals surface area contributed by atoms with Crippen LogP contribution in [-0.4, -0.2) is 50.7 Å². The maximum absolute atomic E-state index is 6.16. The molecule has 0 radical (unpaired) electrons. The lowest BCUT2D eigenvalue weighted by atomic mass is 10.1. The monoisotopic (exact) mass is 496 g/mol. The van der Waals surface area contributed by atoms with E-state index in [4.69, 9.17) is 16.6 Å². The van der Waals surface area contributed by atoms with Gasteiger partial charge in [-0.15, -0.1) is 24.0 Å². The van der Waals surface area contributed by atoms with Crippen LogP contribution in [0, 0.1) is 12.8 Å². The molecule has 25 heavy (non-hydrogen) atoms. The lowest BCUT2D eigenvalue weighted by molar-refractivity contribution is 0.599. The molecule has 0 bridgehead atoms. The van der Waals surface area contributed by atoms with Gasteiger partial charge < -0.3 is 15.5 Å². The van der Waals surface area contributed by atoms with Crippen molar-refractivity contribution in [3.05, 3.63) is 28.8 Å². The Morgan fingerprint density at radius 2 is 2.20 bits per heavy atom. The van der Waals surface area contributed by atoms with Crippen molar-refractivity contribution in [3.8, 4) is 0 Å². The summed E-state index contributed by atoms with van der Waals surface area (Å²) < 4.78 is 0. The number of thioether (sulfide) groups is 1. The van der Waals surface area contributed by atoms with Gasteiger partial charge >= 0.3 is 0 Å². The van der Waals surface area contributed by atoms with E-state index in [1.54, 1.807) is 0 Å². The van der Waals surface area contributed by atoms with Gasteiger partial charge in [0.05, 0.1) is 0 Å². The summed E-state index contributed by atoms with van der Waals surface area (Å²) in [6.45, 7) is 9.09. The van der Waals surface area contributed by atoms with Crippen LogP contribution in [0.4, 0.5) is 5.69 Å². The molecule has 0 spiro atoms. The third kappa shape index (κ3) is 7.43. The second-order valence-electron chi connectivity index (χ2n) is 6.17. The number of hydrogen-bond acceptors (Lipinski definition) is 3. The predicted molar refractivity (Wildman–Crippen MR) is 124 cm³/mol. The summed E-state index contributed by atoms with van der Waals surface area (Å²) in [5.74, 6) is 2.62. The van der Waals surface area contributed by atoms with Crippen LogP contribution in [0.3, 0.4) is 0 Å². The molecule has 1 aromatic carbocycles. The molecule has 0 aliphatic carbocycles. The van der Waals surface area contributed by atoms with E-state index in [0.29, 0.717) is 5.92 Å². The number of nitrogens with one attached hydrogen (secondary N) is 2. The van der Waals surface area contributed by atoms with Gasteiger partial charge in [0.1, 0.15) is 0 Å². The lowest BCUT2D eigenvalue weighted by Gasteiger charge is -2.21. The topological polar surface area (TPSA) is 39.7 Å². The van der Waals surface area contributed by atoms with Gasteiger partial charge in [0, 0.05) is 49.2 Å². The van der Waals surface area contributed by atoms with Gasteiger partial charge in [-0.1, -0.05) is 17.7 Å². The maximum Gasteiger partial charge on any atom is 0.191 e. The highest BCUT2D eigenvalue weighted by molar-refractivity contribution is 14.0. The standard InChI is InChI=1S/C18H29ClN4S.HI/c1-4-20-18(21-8-10-24-3)22-12-15-7-9-23(13-15)17-11-16(19)6-5-14(17)2;/h5-6,11,15H,4,7-10,12-13H2,1-3H3,(H2,20,21,22);1H. The molecule has 2 N–H and O–H groups in total. The van der Waals surface area contributed by atoms with E-state index in [9.17, 15) is 0 Å². The van der Waals surface area contributed by atoms with E-state index in [1.807, 2.05) is 17.8 Å². The average molecular weight is 497 g/mol. The van der Waals surface area contributed by atoms with Crippen molar-refractivity contribution in [2.24, 2.45) is 10.9 Å². The smallest absolute Gasteiger partial charge is 0.191 e. The van der Waals surface area contributed by atoms with Gasteiger partial charge in [-0.25, -0.2) is 0 Å². The summed E-state index contributed by atoms with van der Waals surface area (Å²) >= 11 is 8.01. The van der Waals surface area contributed by atoms with Crippen molar-refractivity contribution in [1.29, 1.82) is 0 Å². The summed E-state index contributed by atoms with van der Waals surface area (Å²) in [5.41, 5.74) is 2.55. The third-order valence-corrected chi connectivity index (χ3v) is 5.10. The van der Waals surface area contributed by atoms with Crippen LogP contribution < -0.4 is 15.5 Å². The second-order valence-corrected chi connectivity index (χ2v) is 7.59. The molecule has 1 saturated heterocycles. The number of halogens is 2. The van der Waals surface area contributed by atoms with Crippen LogP contribution >= 0.6 is 47.3 Å². The Kier molecular flexibility index (Phi) is 11.0. The third-order valence-electron chi connectivity index (χ3n) is 4.25. The van der Waals surface area contributed by atoms with Crippen LogP contribution in [0.15, 0.2) is 23.2 Å². The fourth-order valence-corrected chi connectivity index (χ4v) is 3.43. The molecule has 1 aliphatic rings. The zero-order valence-electron chi connectivity index (χ0n) is 15.3. The Morgan fingerprint density at radius 3 is 2.92 bits per heavy atom. The second kappa shape index (κ2) is 12.1. The SMILES string of the molecule is CCNC(=NCC1CCN(c2cc(Cl)ccc2C)C1)NCCSC.I. The van der Waals surface area contributed by atoms with E-state index in [-0.39, 0.29) is 24.0 Å². The zero-order valence-corrected chi connectivity index (χ0v) is 19.3. The van der Waals surface area contributed by atoms with Crippen molar-refractivity contribution in [2.75, 3.05) is 49.6 Å². The minimum Gasteiger partial charge on any atom is -0.371 e. The Morgan fingerprint density at radius 1 is 1.40 bits per heavy atom. The first-order valence-corrected chi connectivity index (χ1v) is 10.4. The summed E-state index contributed by atoms with van der Waals surface area (Å²) in [6, 6.07) is 6.14. The Balaban J connectivity index is 0.00000312. The first kappa shape index (κ1) is 22.7. The number of aliphatic imine (C=N–C) groups is 1. The van der Waals surface area contributed by atoms with Crippen LogP contribution in [0.2, 0.25) is 5.02 Å². The average Bonchev–Trinajstić information content (AvgIpc) is 3.04. The van der Waals surface area contributed by atoms with Gasteiger partial charge in [-0.3, -0.25) is 4.99 Å². The fourth-order valence-electron chi connectivity index (χ4n) is 2.96. The molecule has 1 heterocycles. The zero-order chi connectivity index (χ0) is 17.4. The summed E-state index contributed by atoms with van der Waals surface area (Å²) in [5, 5.41) is 7.53. The highest BCUT2D eigenvalue weighted by Gasteiger charge is 2.23. The number of rotatable bonds is 7. The normalized spacial score (nSPS) is 17.4. The van der Waals surface area contributed by atoms with Gasteiger partial charge in [0.25, 0.3) is 0 Å². The Hall–Kier alpha value is -0.340. The minimum absolute atomic E-state index is 0. The van der Waals surface area contributed by atoms with Crippen molar-refractivity contribution in [3.63, 3.8) is 0 Å². The summed E-state index contributed by atoms with van der Waals surface area (Å²) in [7, 11) is 0. The van der Waals surface area contributed by atoms with Gasteiger partial charge in [-0.2, -0.15) is 11.8 Å². The van der Waals surface area contributed by atoms with E-state index >= 15 is 0 Å². The van der Waals surface area contributed by atoms with Crippen molar-refractivity contribution < 1.29 is 0 Å². The number of aryl methyl sites for hydroxylation is 1. The van der Waals surface area contributed by atoms with E-state index in [0.717, 1.165) is 49.5 Å². The molecular weight excluding hydrogens is 467 g/mol. The van der Waals surface area contributed by atoms with Gasteiger partial charge in [0.15, 0.2) is 5.96 Å². The first-order chi connectivity index (χ1) is 11.6. The van der Waals surface area contributed by atoms with E-state index in [1.165, 1.54) is 17.7 Å². The van der Waals surface area contributed by atoms with E-state index < -0.39 is 0 Å². The minimum atomic E-state index is 0. The molecule has 0 aromatic heterocycles. The predicted octanol–water partition coefficient (Wildman–Crippen LogP) is 4.01. The largest absolute Gasteiger partial charge is 0.371 e. The molecule has 0 saturated carbocycles. The Labute approximate surface area is 178 Å². The molecule has 1 fully saturated rings. The highest BCUT2D eigenvalue weighted by Crippen LogP contribution is 2.29. The van der Waals surface area contributed by atoms with Crippen molar-refractivity contribution >= 4 is 59.0 Å². The summed E-state index contributed by atoms with van der Waals surface area (Å²) in [6.07, 6.45) is 3.30. The molecule has 142 valence electrons. The number of anilines is 1. The molecular formula is C18H30ClIN4S. The van der Waals surface area contributed by atoms with Crippen LogP contribution in [-0.2, 0) is 0 Å². The van der Waals surface area contributed by atoms with Crippen LogP contribution in [0.25, 0.3) is 0 Å². The molecule has 1 aliphatic heterocycles. The molecule has 0 amide bonds. The Bertz CT molecular complexity index is 556. The lowest BCUT2D eigenvalue weighted by Crippen LogP contribution is -2.38. The van der Waals surface area contributed by atoms with Gasteiger partial charge in [-0.05, 0) is 50.1 Å². The molecule has 2 rings (SSSR count). The molecule has 7 heteroatoms. The molecule has 1 unspecified atom stereocenters. The molecule has 1 atom stereocenters. The van der Waals surface area contributed by atoms with Crippen LogP contribution in [0.1, 0.15) is 18.9 Å². The van der Waals surface area contributed by atoms with E-state index in [2.05, 4.69) is 47.8 Å². The molecule has 4 nitrogen and oxygen atoms in total. The number of nitrogens with zero attached hydrogens (tertiary/aromatic N) is 2. The number of guanidine groups is 1. The number of hydrogen-bond donors (Lipinski definition) is 2. The highest BCUT2D eigenvalue weighted by atomic mass is 127. The maximum atomic E-state index is 6.16. The van der Waals surface area contributed by atoms with Gasteiger partial charge in [0.2, 0.25) is 0 Å². The number of benzene rings is 1. The van der Waals surface area contributed by atoms with Crippen LogP contribution in [0.5, 0.6) is 0 Å². The fraction of sp³-hybridized carbons (Fsp3) is 0.611. The first-order valence-electron chi connectivity index (χ1n) is 8.66. The van der Waals surface area contributed by atoms with Crippen molar-refractivity contribution in [1.82, 2.24) is 10.6 Å².